The second-order valence-corrected chi connectivity index (χ2v) is 10.2. The Labute approximate surface area is 171 Å². The minimum atomic E-state index is -3.90. The van der Waals surface area contributed by atoms with Crippen molar-refractivity contribution in [3.05, 3.63) is 53.1 Å². The zero-order chi connectivity index (χ0) is 21.1. The number of rotatable bonds is 3. The van der Waals surface area contributed by atoms with Crippen LogP contribution < -0.4 is 9.47 Å². The molecule has 29 heavy (non-hydrogen) atoms. The smallest absolute Gasteiger partial charge is 0.244 e. The van der Waals surface area contributed by atoms with Gasteiger partial charge in [-0.2, -0.15) is 0 Å². The molecule has 2 heterocycles. The Balaban J connectivity index is 1.89. The van der Waals surface area contributed by atoms with E-state index < -0.39 is 32.6 Å². The summed E-state index contributed by atoms with van der Waals surface area (Å²) in [6, 6.07) is 10.4. The summed E-state index contributed by atoms with van der Waals surface area (Å²) in [6.07, 6.45) is 0.406. The first-order valence-corrected chi connectivity index (χ1v) is 11.1. The first-order valence-electron chi connectivity index (χ1n) is 9.54. The molecule has 2 aliphatic rings. The first kappa shape index (κ1) is 19.8. The molecule has 154 valence electrons. The Hall–Kier alpha value is -2.54. The molecule has 2 aromatic carbocycles. The quantitative estimate of drug-likeness (QED) is 0.770. The van der Waals surface area contributed by atoms with Gasteiger partial charge in [-0.1, -0.05) is 12.1 Å². The van der Waals surface area contributed by atoms with E-state index in [1.807, 2.05) is 20.8 Å². The first-order chi connectivity index (χ1) is 13.6. The van der Waals surface area contributed by atoms with E-state index in [9.17, 15) is 13.2 Å². The lowest BCUT2D eigenvalue weighted by atomic mass is 9.80. The summed E-state index contributed by atoms with van der Waals surface area (Å²) in [5.41, 5.74) is 1.70. The van der Waals surface area contributed by atoms with E-state index in [-0.39, 0.29) is 4.90 Å². The average molecular weight is 416 g/mol. The van der Waals surface area contributed by atoms with E-state index in [1.165, 1.54) is 4.90 Å². The third-order valence-electron chi connectivity index (χ3n) is 6.34. The fourth-order valence-electron chi connectivity index (χ4n) is 4.29. The average Bonchev–Trinajstić information content (AvgIpc) is 2.67. The summed E-state index contributed by atoms with van der Waals surface area (Å²) >= 11 is 0. The molecule has 0 radical (unpaired) electrons. The molecule has 0 saturated carbocycles. The summed E-state index contributed by atoms with van der Waals surface area (Å²) in [4.78, 5) is 14.9. The largest absolute Gasteiger partial charge is 0.497 e. The van der Waals surface area contributed by atoms with Crippen LogP contribution in [0.15, 0.2) is 41.3 Å². The van der Waals surface area contributed by atoms with Crippen molar-refractivity contribution < 1.29 is 22.7 Å². The van der Waals surface area contributed by atoms with Crippen molar-refractivity contribution in [2.24, 2.45) is 0 Å². The Morgan fingerprint density at radius 1 is 1.14 bits per heavy atom. The molecule has 2 aromatic rings. The summed E-state index contributed by atoms with van der Waals surface area (Å²) in [5, 5.41) is -1.20. The lowest BCUT2D eigenvalue weighted by Gasteiger charge is -2.51. The third-order valence-corrected chi connectivity index (χ3v) is 8.45. The molecule has 0 aliphatic carbocycles. The number of sulfone groups is 1. The van der Waals surface area contributed by atoms with Crippen molar-refractivity contribution in [3.8, 4) is 11.5 Å². The van der Waals surface area contributed by atoms with Gasteiger partial charge in [0.05, 0.1) is 12.0 Å². The Bertz CT molecular complexity index is 1110. The number of nitrogens with zero attached hydrogens (tertiary/aromatic N) is 1. The highest BCUT2D eigenvalue weighted by Crippen LogP contribution is 2.50. The summed E-state index contributed by atoms with van der Waals surface area (Å²) in [7, 11) is -0.728. The number of fused-ring (bicyclic) bond motifs is 4. The van der Waals surface area contributed by atoms with Gasteiger partial charge in [0, 0.05) is 25.5 Å². The van der Waals surface area contributed by atoms with Crippen LogP contribution >= 0.6 is 0 Å². The number of likely N-dealkylation sites (tertiary alicyclic amines) is 1. The Morgan fingerprint density at radius 3 is 2.52 bits per heavy atom. The van der Waals surface area contributed by atoms with Crippen LogP contribution in [0.1, 0.15) is 36.0 Å². The second-order valence-electron chi connectivity index (χ2n) is 8.10. The highest BCUT2D eigenvalue weighted by Gasteiger charge is 2.57. The molecule has 1 saturated heterocycles. The van der Waals surface area contributed by atoms with Crippen LogP contribution in [0.25, 0.3) is 0 Å². The number of piperidine rings is 1. The number of carbonyl (C=O) groups excluding carboxylic acids is 1. The van der Waals surface area contributed by atoms with Crippen LogP contribution in [0.2, 0.25) is 0 Å². The number of benzene rings is 2. The molecule has 2 aliphatic heterocycles. The van der Waals surface area contributed by atoms with E-state index in [2.05, 4.69) is 0 Å². The predicted molar refractivity (Wildman–Crippen MR) is 109 cm³/mol. The third kappa shape index (κ3) is 2.90. The van der Waals surface area contributed by atoms with Crippen LogP contribution in [0.5, 0.6) is 11.5 Å². The summed E-state index contributed by atoms with van der Waals surface area (Å²) in [5.74, 6) is 0.242. The van der Waals surface area contributed by atoms with E-state index in [0.29, 0.717) is 17.9 Å². The molecule has 1 amide bonds. The van der Waals surface area contributed by atoms with Crippen molar-refractivity contribution in [2.75, 3.05) is 14.2 Å². The van der Waals surface area contributed by atoms with Gasteiger partial charge in [0.2, 0.25) is 5.91 Å². The maximum Gasteiger partial charge on any atom is 0.244 e. The molecule has 0 spiro atoms. The summed E-state index contributed by atoms with van der Waals surface area (Å²) < 4.78 is 38.7. The number of carbonyl (C=O) groups is 1. The van der Waals surface area contributed by atoms with E-state index in [0.717, 1.165) is 16.7 Å². The van der Waals surface area contributed by atoms with Crippen molar-refractivity contribution >= 4 is 15.7 Å². The van der Waals surface area contributed by atoms with Gasteiger partial charge in [0.25, 0.3) is 0 Å². The molecule has 0 aromatic heterocycles. The van der Waals surface area contributed by atoms with E-state index in [1.54, 1.807) is 50.6 Å². The molecule has 6 nitrogen and oxygen atoms in total. The monoisotopic (exact) mass is 415 g/mol. The van der Waals surface area contributed by atoms with Crippen LogP contribution in [0.3, 0.4) is 0 Å². The van der Waals surface area contributed by atoms with Crippen LogP contribution in [-0.2, 0) is 14.6 Å². The Kier molecular flexibility index (Phi) is 4.42. The maximum absolute atomic E-state index is 13.6. The number of methoxy groups -OCH3 is 1. The van der Waals surface area contributed by atoms with Crippen molar-refractivity contribution in [1.82, 2.24) is 4.90 Å². The van der Waals surface area contributed by atoms with E-state index in [4.69, 9.17) is 9.47 Å². The van der Waals surface area contributed by atoms with Gasteiger partial charge in [-0.05, 0) is 55.7 Å². The van der Waals surface area contributed by atoms with Crippen LogP contribution in [0.4, 0.5) is 0 Å². The van der Waals surface area contributed by atoms with Gasteiger partial charge in [-0.3, -0.25) is 4.79 Å². The van der Waals surface area contributed by atoms with Gasteiger partial charge in [-0.25, -0.2) is 8.42 Å². The number of hydrogen-bond donors (Lipinski definition) is 0. The highest BCUT2D eigenvalue weighted by molar-refractivity contribution is 7.92. The second kappa shape index (κ2) is 6.49. The van der Waals surface area contributed by atoms with Crippen LogP contribution in [-0.4, -0.2) is 44.4 Å². The predicted octanol–water partition coefficient (Wildman–Crippen LogP) is 3.21. The Morgan fingerprint density at radius 2 is 1.86 bits per heavy atom. The molecule has 0 unspecified atom stereocenters. The van der Waals surface area contributed by atoms with Gasteiger partial charge in [0.15, 0.2) is 20.8 Å². The highest BCUT2D eigenvalue weighted by atomic mass is 32.2. The van der Waals surface area contributed by atoms with Crippen LogP contribution in [0, 0.1) is 13.8 Å². The van der Waals surface area contributed by atoms with E-state index >= 15 is 0 Å². The van der Waals surface area contributed by atoms with Gasteiger partial charge in [-0.15, -0.1) is 0 Å². The fourth-order valence-corrected chi connectivity index (χ4v) is 6.28. The summed E-state index contributed by atoms with van der Waals surface area (Å²) in [6.45, 7) is 5.62. The molecular formula is C22H25NO5S. The fraction of sp³-hybridized carbons (Fsp3) is 0.409. The standard InChI is InChI=1S/C22H25NO5S/c1-13-6-8-16(10-14(13)2)29(25,26)20-18-12-22(3,23(4)21(20)24)28-19-11-15(27-5)7-9-17(18)19/h6-11,18,20H,12H2,1-5H3/t18-,20+,22-/m0/s1. The maximum atomic E-state index is 13.6. The van der Waals surface area contributed by atoms with Gasteiger partial charge >= 0.3 is 0 Å². The zero-order valence-corrected chi connectivity index (χ0v) is 18.0. The molecule has 2 bridgehead atoms. The zero-order valence-electron chi connectivity index (χ0n) is 17.2. The lowest BCUT2D eigenvalue weighted by molar-refractivity contribution is -0.159. The normalized spacial score (nSPS) is 26.0. The number of amides is 1. The minimum Gasteiger partial charge on any atom is -0.497 e. The van der Waals surface area contributed by atoms with Crippen molar-refractivity contribution in [3.63, 3.8) is 0 Å². The molecule has 7 heteroatoms. The molecule has 0 N–H and O–H groups in total. The van der Waals surface area contributed by atoms with Crippen molar-refractivity contribution in [1.29, 1.82) is 0 Å². The van der Waals surface area contributed by atoms with Crippen molar-refractivity contribution in [2.45, 2.75) is 49.0 Å². The number of aryl methyl sites for hydroxylation is 2. The number of hydrogen-bond acceptors (Lipinski definition) is 5. The molecular weight excluding hydrogens is 390 g/mol. The topological polar surface area (TPSA) is 72.9 Å². The van der Waals surface area contributed by atoms with Gasteiger partial charge in [0.1, 0.15) is 11.5 Å². The molecule has 4 rings (SSSR count). The minimum absolute atomic E-state index is 0.178. The molecule has 1 fully saturated rings. The number of ether oxygens (including phenoxy) is 2. The lowest BCUT2D eigenvalue weighted by Crippen LogP contribution is -2.64. The molecule has 3 atom stereocenters. The SMILES string of the molecule is COc1ccc2c(c1)O[C@@]1(C)C[C@@H]2[C@@H](S(=O)(=O)c2ccc(C)c(C)c2)C(=O)N1C. The van der Waals surface area contributed by atoms with Gasteiger partial charge < -0.3 is 14.4 Å².